The fraction of sp³-hybridized carbons (Fsp3) is 0.367. The van der Waals surface area contributed by atoms with E-state index in [9.17, 15) is 4.79 Å². The number of amides is 1. The summed E-state index contributed by atoms with van der Waals surface area (Å²) < 4.78 is 20.6. The number of carbonyl (C=O) groups excluding carboxylic acids is 1. The average Bonchev–Trinajstić information content (AvgIpc) is 3.40. The van der Waals surface area contributed by atoms with E-state index in [2.05, 4.69) is 17.2 Å². The number of fused-ring (bicyclic) bond motifs is 1. The van der Waals surface area contributed by atoms with Crippen molar-refractivity contribution >= 4 is 33.1 Å². The highest BCUT2D eigenvalue weighted by molar-refractivity contribution is 7.17. The Hall–Kier alpha value is -3.33. The number of nitrogens with one attached hydrogen (secondary N) is 2. The predicted octanol–water partition coefficient (Wildman–Crippen LogP) is 6.29. The topological polar surface area (TPSA) is 73.8 Å². The maximum Gasteiger partial charge on any atom is 0.272 e. The van der Waals surface area contributed by atoms with Crippen molar-refractivity contribution in [3.05, 3.63) is 88.9 Å². The minimum Gasteiger partial charge on any atom is -0.491 e. The quantitative estimate of drug-likeness (QED) is 0.223. The van der Waals surface area contributed by atoms with Gasteiger partial charge in [0.1, 0.15) is 23.8 Å². The maximum atomic E-state index is 13.2. The molecule has 2 N–H and O–H groups in total. The van der Waals surface area contributed by atoms with Gasteiger partial charge in [-0.05, 0) is 86.6 Å². The zero-order chi connectivity index (χ0) is 26.9. The van der Waals surface area contributed by atoms with Gasteiger partial charge < -0.3 is 29.4 Å². The number of rotatable bonds is 11. The van der Waals surface area contributed by atoms with Crippen LogP contribution in [0.1, 0.15) is 47.8 Å². The second kappa shape index (κ2) is 13.5. The molecular formula is C30H37N3O4S. The van der Waals surface area contributed by atoms with E-state index in [1.807, 2.05) is 72.5 Å². The van der Waals surface area contributed by atoms with E-state index in [4.69, 9.17) is 14.2 Å². The molecule has 1 fully saturated rings. The summed E-state index contributed by atoms with van der Waals surface area (Å²) in [6, 6.07) is 9.70. The molecule has 8 heteroatoms. The van der Waals surface area contributed by atoms with Crippen LogP contribution in [-0.2, 0) is 34.5 Å². The maximum absolute atomic E-state index is 13.2. The molecule has 2 aromatic heterocycles. The van der Waals surface area contributed by atoms with Crippen molar-refractivity contribution in [1.29, 1.82) is 0 Å². The summed E-state index contributed by atoms with van der Waals surface area (Å²) in [6.07, 6.45) is 9.03. The third-order valence-electron chi connectivity index (χ3n) is 6.66. The fourth-order valence-corrected chi connectivity index (χ4v) is 5.41. The lowest BCUT2D eigenvalue weighted by Gasteiger charge is -2.18. The molecular weight excluding hydrogens is 498 g/mol. The van der Waals surface area contributed by atoms with Gasteiger partial charge in [-0.25, -0.2) is 0 Å². The second-order valence-electron chi connectivity index (χ2n) is 9.29. The zero-order valence-corrected chi connectivity index (χ0v) is 23.2. The molecule has 3 heterocycles. The average molecular weight is 536 g/mol. The Morgan fingerprint density at radius 2 is 2.11 bits per heavy atom. The van der Waals surface area contributed by atoms with Gasteiger partial charge in [0.2, 0.25) is 0 Å². The molecule has 0 spiro atoms. The molecule has 202 valence electrons. The molecule has 1 aliphatic rings. The van der Waals surface area contributed by atoms with Crippen LogP contribution >= 0.6 is 11.3 Å². The van der Waals surface area contributed by atoms with E-state index in [0.29, 0.717) is 23.7 Å². The number of benzene rings is 1. The van der Waals surface area contributed by atoms with Gasteiger partial charge in [-0.15, -0.1) is 11.3 Å². The fourth-order valence-electron chi connectivity index (χ4n) is 4.56. The Morgan fingerprint density at radius 1 is 1.24 bits per heavy atom. The molecule has 4 rings (SSSR count). The van der Waals surface area contributed by atoms with Crippen LogP contribution in [0, 0.1) is 0 Å². The predicted molar refractivity (Wildman–Crippen MR) is 154 cm³/mol. The zero-order valence-electron chi connectivity index (χ0n) is 22.4. The molecule has 3 aromatic rings. The number of nitrogens with zero attached hydrogens (tertiary/aromatic N) is 1. The Labute approximate surface area is 228 Å². The Kier molecular flexibility index (Phi) is 9.81. The van der Waals surface area contributed by atoms with E-state index in [1.54, 1.807) is 18.4 Å². The molecule has 1 unspecified atom stereocenters. The second-order valence-corrected chi connectivity index (χ2v) is 10.2. The first kappa shape index (κ1) is 27.7. The molecule has 1 aliphatic heterocycles. The standard InChI is InChI=1S/C30H37N3O4S/c1-5-23(37-24-9-7-15-31-16-13-24)12-11-21(2)36-20-25-22(19-35-4)8-6-10-26(25)32-30(34)28-18-29-27(33(28)3)14-17-38-29/h5-6,8,10-12,14,17-18,24,31H,2,7,9,13,15-16,19-20H2,1,3-4H3,(H,32,34)/b12-11-,23-5+. The molecule has 7 nitrogen and oxygen atoms in total. The van der Waals surface area contributed by atoms with Crippen molar-refractivity contribution in [1.82, 2.24) is 9.88 Å². The number of carbonyl (C=O) groups is 1. The summed E-state index contributed by atoms with van der Waals surface area (Å²) in [5.41, 5.74) is 4.12. The van der Waals surface area contributed by atoms with Gasteiger partial charge in [-0.3, -0.25) is 4.79 Å². The van der Waals surface area contributed by atoms with Gasteiger partial charge in [0.15, 0.2) is 0 Å². The first-order valence-corrected chi connectivity index (χ1v) is 13.9. The summed E-state index contributed by atoms with van der Waals surface area (Å²) in [5, 5.41) is 8.51. The lowest BCUT2D eigenvalue weighted by atomic mass is 10.1. The monoisotopic (exact) mass is 535 g/mol. The van der Waals surface area contributed by atoms with Gasteiger partial charge in [0, 0.05) is 25.4 Å². The van der Waals surface area contributed by atoms with Crippen molar-refractivity contribution in [2.75, 3.05) is 25.5 Å². The summed E-state index contributed by atoms with van der Waals surface area (Å²) in [6.45, 7) is 8.68. The van der Waals surface area contributed by atoms with E-state index >= 15 is 0 Å². The number of ether oxygens (including phenoxy) is 3. The molecule has 1 saturated heterocycles. The number of hydrogen-bond donors (Lipinski definition) is 2. The molecule has 38 heavy (non-hydrogen) atoms. The molecule has 0 bridgehead atoms. The lowest BCUT2D eigenvalue weighted by Crippen LogP contribution is -2.17. The summed E-state index contributed by atoms with van der Waals surface area (Å²) in [7, 11) is 3.55. The Morgan fingerprint density at radius 3 is 2.89 bits per heavy atom. The number of aryl methyl sites for hydroxylation is 1. The minimum atomic E-state index is -0.172. The molecule has 1 aromatic carbocycles. The molecule has 1 amide bonds. The van der Waals surface area contributed by atoms with E-state index in [-0.39, 0.29) is 18.6 Å². The van der Waals surface area contributed by atoms with Gasteiger partial charge in [0.05, 0.1) is 22.9 Å². The van der Waals surface area contributed by atoms with Crippen LogP contribution in [-0.4, -0.2) is 36.8 Å². The van der Waals surface area contributed by atoms with Gasteiger partial charge in [-0.2, -0.15) is 0 Å². The summed E-state index contributed by atoms with van der Waals surface area (Å²) in [4.78, 5) is 13.2. The van der Waals surface area contributed by atoms with Gasteiger partial charge in [-0.1, -0.05) is 18.7 Å². The smallest absolute Gasteiger partial charge is 0.272 e. The third-order valence-corrected chi connectivity index (χ3v) is 7.52. The number of anilines is 1. The molecule has 0 saturated carbocycles. The number of thiophene rings is 1. The van der Waals surface area contributed by atoms with Crippen LogP contribution in [0.15, 0.2) is 72.0 Å². The minimum absolute atomic E-state index is 0.172. The number of aromatic nitrogens is 1. The van der Waals surface area contributed by atoms with Crippen molar-refractivity contribution in [2.24, 2.45) is 7.05 Å². The van der Waals surface area contributed by atoms with Crippen molar-refractivity contribution in [3.63, 3.8) is 0 Å². The van der Waals surface area contributed by atoms with Crippen LogP contribution < -0.4 is 10.6 Å². The van der Waals surface area contributed by atoms with Crippen molar-refractivity contribution in [2.45, 2.75) is 45.5 Å². The lowest BCUT2D eigenvalue weighted by molar-refractivity contribution is 0.101. The van der Waals surface area contributed by atoms with Crippen molar-refractivity contribution < 1.29 is 19.0 Å². The first-order chi connectivity index (χ1) is 18.5. The molecule has 0 radical (unpaired) electrons. The number of allylic oxidation sites excluding steroid dienone is 3. The third kappa shape index (κ3) is 6.95. The van der Waals surface area contributed by atoms with Crippen LogP contribution in [0.25, 0.3) is 10.2 Å². The van der Waals surface area contributed by atoms with Crippen LogP contribution in [0.4, 0.5) is 5.69 Å². The van der Waals surface area contributed by atoms with Crippen LogP contribution in [0.3, 0.4) is 0 Å². The van der Waals surface area contributed by atoms with Crippen LogP contribution in [0.2, 0.25) is 0 Å². The van der Waals surface area contributed by atoms with Crippen LogP contribution in [0.5, 0.6) is 0 Å². The highest BCUT2D eigenvalue weighted by Crippen LogP contribution is 2.27. The SMILES string of the molecule is C=C(/C=C\C(=C/C)OC1CCCNCC1)OCc1c(COC)cccc1NC(=O)c1cc2sccc2n1C. The summed E-state index contributed by atoms with van der Waals surface area (Å²) >= 11 is 1.62. The number of methoxy groups -OCH3 is 1. The Bertz CT molecular complexity index is 1310. The first-order valence-electron chi connectivity index (χ1n) is 13.0. The largest absolute Gasteiger partial charge is 0.491 e. The van der Waals surface area contributed by atoms with Crippen molar-refractivity contribution in [3.8, 4) is 0 Å². The normalized spacial score (nSPS) is 16.5. The molecule has 1 atom stereocenters. The molecule has 0 aliphatic carbocycles. The highest BCUT2D eigenvalue weighted by atomic mass is 32.1. The van der Waals surface area contributed by atoms with E-state index in [1.165, 1.54) is 0 Å². The summed E-state index contributed by atoms with van der Waals surface area (Å²) in [5.74, 6) is 1.13. The Balaban J connectivity index is 1.43. The van der Waals surface area contributed by atoms with Gasteiger partial charge in [0.25, 0.3) is 5.91 Å². The number of hydrogen-bond acceptors (Lipinski definition) is 6. The van der Waals surface area contributed by atoms with E-state index < -0.39 is 0 Å². The van der Waals surface area contributed by atoms with E-state index in [0.717, 1.165) is 59.5 Å². The highest BCUT2D eigenvalue weighted by Gasteiger charge is 2.18. The van der Waals surface area contributed by atoms with Gasteiger partial charge >= 0.3 is 0 Å².